The van der Waals surface area contributed by atoms with E-state index in [2.05, 4.69) is 109 Å². The molecule has 33 heavy (non-hydrogen) atoms. The van der Waals surface area contributed by atoms with Crippen molar-refractivity contribution in [2.45, 2.75) is 79.7 Å². The molecule has 0 aliphatic carbocycles. The Hall–Kier alpha value is -2.61. The van der Waals surface area contributed by atoms with Crippen molar-refractivity contribution in [3.05, 3.63) is 88.6 Å². The van der Waals surface area contributed by atoms with Crippen molar-refractivity contribution in [2.24, 2.45) is 10.4 Å². The molecule has 0 radical (unpaired) electrons. The Morgan fingerprint density at radius 3 is 1.85 bits per heavy atom. The summed E-state index contributed by atoms with van der Waals surface area (Å²) in [6.45, 7) is 21.0. The Bertz CT molecular complexity index is 1030. The maximum Gasteiger partial charge on any atom is 0.0729 e. The lowest BCUT2D eigenvalue weighted by atomic mass is 9.81. The molecular weight excluding hydrogens is 400 g/mol. The number of aryl methyl sites for hydroxylation is 2. The molecule has 2 aromatic rings. The van der Waals surface area contributed by atoms with Crippen molar-refractivity contribution < 1.29 is 0 Å². The summed E-state index contributed by atoms with van der Waals surface area (Å²) in [6, 6.07) is 17.9. The molecule has 1 heterocycles. The van der Waals surface area contributed by atoms with Gasteiger partial charge in [-0.3, -0.25) is 4.99 Å². The summed E-state index contributed by atoms with van der Waals surface area (Å²) in [7, 11) is 0. The van der Waals surface area contributed by atoms with Crippen LogP contribution in [-0.4, -0.2) is 17.8 Å². The third-order valence-electron chi connectivity index (χ3n) is 6.22. The SMILES string of the molecule is C=C(CC1=C(c2ccc(CC)cc2)C(c2ccc(CC)cc2)=NC1)NC(C)(C)CC(C)(C)C. The van der Waals surface area contributed by atoms with E-state index in [1.54, 1.807) is 0 Å². The van der Waals surface area contributed by atoms with Crippen molar-refractivity contribution in [1.82, 2.24) is 5.32 Å². The van der Waals surface area contributed by atoms with E-state index in [4.69, 9.17) is 4.99 Å². The van der Waals surface area contributed by atoms with Crippen LogP contribution in [0.5, 0.6) is 0 Å². The van der Waals surface area contributed by atoms with Gasteiger partial charge in [0, 0.05) is 28.8 Å². The van der Waals surface area contributed by atoms with Crippen LogP contribution in [0.4, 0.5) is 0 Å². The van der Waals surface area contributed by atoms with Crippen LogP contribution in [0.25, 0.3) is 5.57 Å². The van der Waals surface area contributed by atoms with Gasteiger partial charge in [-0.2, -0.15) is 0 Å². The van der Waals surface area contributed by atoms with E-state index in [1.807, 2.05) is 0 Å². The highest BCUT2D eigenvalue weighted by atomic mass is 15.0. The largest absolute Gasteiger partial charge is 0.384 e. The van der Waals surface area contributed by atoms with Crippen LogP contribution in [0.1, 0.15) is 83.6 Å². The summed E-state index contributed by atoms with van der Waals surface area (Å²) >= 11 is 0. The molecule has 0 amide bonds. The van der Waals surface area contributed by atoms with Crippen molar-refractivity contribution >= 4 is 11.3 Å². The summed E-state index contributed by atoms with van der Waals surface area (Å²) in [5.74, 6) is 0. The van der Waals surface area contributed by atoms with Gasteiger partial charge < -0.3 is 5.32 Å². The van der Waals surface area contributed by atoms with Gasteiger partial charge in [-0.15, -0.1) is 0 Å². The number of aliphatic imine (C=N–C) groups is 1. The molecule has 0 saturated carbocycles. The van der Waals surface area contributed by atoms with Gasteiger partial charge in [0.1, 0.15) is 0 Å². The Balaban J connectivity index is 1.92. The third kappa shape index (κ3) is 6.69. The zero-order valence-electron chi connectivity index (χ0n) is 21.8. The number of hydrogen-bond acceptors (Lipinski definition) is 2. The predicted octanol–water partition coefficient (Wildman–Crippen LogP) is 7.78. The normalized spacial score (nSPS) is 14.5. The summed E-state index contributed by atoms with van der Waals surface area (Å²) in [4.78, 5) is 5.03. The number of nitrogens with one attached hydrogen (secondary N) is 1. The van der Waals surface area contributed by atoms with Crippen molar-refractivity contribution in [1.29, 1.82) is 0 Å². The second-order valence-electron chi connectivity index (χ2n) is 11.3. The van der Waals surface area contributed by atoms with Crippen LogP contribution in [0.15, 0.2) is 71.4 Å². The van der Waals surface area contributed by atoms with Gasteiger partial charge in [-0.25, -0.2) is 0 Å². The summed E-state index contributed by atoms with van der Waals surface area (Å²) in [5.41, 5.74) is 10.2. The van der Waals surface area contributed by atoms with E-state index in [0.717, 1.165) is 43.6 Å². The topological polar surface area (TPSA) is 24.4 Å². The molecule has 1 N–H and O–H groups in total. The lowest BCUT2D eigenvalue weighted by Gasteiger charge is -2.35. The lowest BCUT2D eigenvalue weighted by molar-refractivity contribution is 0.255. The highest BCUT2D eigenvalue weighted by molar-refractivity contribution is 6.33. The predicted molar refractivity (Wildman–Crippen MR) is 145 cm³/mol. The zero-order chi connectivity index (χ0) is 24.2. The average molecular weight is 443 g/mol. The van der Waals surface area contributed by atoms with E-state index >= 15 is 0 Å². The zero-order valence-corrected chi connectivity index (χ0v) is 21.8. The first kappa shape index (κ1) is 25.0. The maximum atomic E-state index is 5.03. The molecule has 0 spiro atoms. The minimum atomic E-state index is -0.00287. The van der Waals surface area contributed by atoms with Gasteiger partial charge in [0.2, 0.25) is 0 Å². The fourth-order valence-electron chi connectivity index (χ4n) is 5.18. The van der Waals surface area contributed by atoms with Crippen LogP contribution in [-0.2, 0) is 12.8 Å². The monoisotopic (exact) mass is 442 g/mol. The smallest absolute Gasteiger partial charge is 0.0729 e. The minimum absolute atomic E-state index is 0.00287. The molecule has 0 aromatic heterocycles. The van der Waals surface area contributed by atoms with Gasteiger partial charge in [0.15, 0.2) is 0 Å². The fourth-order valence-corrected chi connectivity index (χ4v) is 5.18. The highest BCUT2D eigenvalue weighted by Crippen LogP contribution is 2.34. The van der Waals surface area contributed by atoms with Gasteiger partial charge in [0.25, 0.3) is 0 Å². The van der Waals surface area contributed by atoms with Crippen molar-refractivity contribution in [3.8, 4) is 0 Å². The molecule has 0 atom stereocenters. The molecule has 2 aromatic carbocycles. The highest BCUT2D eigenvalue weighted by Gasteiger charge is 2.27. The first-order valence-electron chi connectivity index (χ1n) is 12.4. The lowest BCUT2D eigenvalue weighted by Crippen LogP contribution is -2.41. The van der Waals surface area contributed by atoms with E-state index in [-0.39, 0.29) is 11.0 Å². The van der Waals surface area contributed by atoms with Crippen LogP contribution >= 0.6 is 0 Å². The van der Waals surface area contributed by atoms with E-state index in [0.29, 0.717) is 0 Å². The van der Waals surface area contributed by atoms with Gasteiger partial charge in [-0.05, 0) is 60.8 Å². The molecule has 1 aliphatic rings. The maximum absolute atomic E-state index is 5.03. The minimum Gasteiger partial charge on any atom is -0.384 e. The Morgan fingerprint density at radius 1 is 0.848 bits per heavy atom. The standard InChI is InChI=1S/C31H42N2/c1-9-23-11-15-25(16-12-23)28-27(19-22(3)33-31(7,8)21-30(4,5)6)20-32-29(28)26-17-13-24(10-2)14-18-26/h11-18,33H,3,9-10,19-21H2,1-2,4-8H3. The number of nitrogens with zero attached hydrogens (tertiary/aromatic N) is 1. The number of rotatable bonds is 9. The number of allylic oxidation sites excluding steroid dienone is 2. The van der Waals surface area contributed by atoms with Gasteiger partial charge in [-0.1, -0.05) is 89.7 Å². The second-order valence-corrected chi connectivity index (χ2v) is 11.3. The van der Waals surface area contributed by atoms with Crippen molar-refractivity contribution in [3.63, 3.8) is 0 Å². The molecule has 1 aliphatic heterocycles. The first-order chi connectivity index (χ1) is 15.5. The molecule has 2 nitrogen and oxygen atoms in total. The van der Waals surface area contributed by atoms with Crippen molar-refractivity contribution in [2.75, 3.05) is 6.54 Å². The fraction of sp³-hybridized carbons (Fsp3) is 0.452. The van der Waals surface area contributed by atoms with Crippen LogP contribution < -0.4 is 5.32 Å². The summed E-state index contributed by atoms with van der Waals surface area (Å²) in [5, 5.41) is 3.72. The van der Waals surface area contributed by atoms with Crippen LogP contribution in [0.3, 0.4) is 0 Å². The van der Waals surface area contributed by atoms with E-state index in [1.165, 1.54) is 33.4 Å². The Morgan fingerprint density at radius 2 is 1.36 bits per heavy atom. The quantitative estimate of drug-likeness (QED) is 0.421. The summed E-state index contributed by atoms with van der Waals surface area (Å²) in [6.07, 6.45) is 4.00. The summed E-state index contributed by atoms with van der Waals surface area (Å²) < 4.78 is 0. The molecule has 0 saturated heterocycles. The number of hydrogen-bond donors (Lipinski definition) is 1. The Kier molecular flexibility index (Phi) is 7.67. The molecule has 0 bridgehead atoms. The van der Waals surface area contributed by atoms with E-state index < -0.39 is 0 Å². The van der Waals surface area contributed by atoms with Crippen LogP contribution in [0.2, 0.25) is 0 Å². The molecule has 176 valence electrons. The first-order valence-corrected chi connectivity index (χ1v) is 12.4. The van der Waals surface area contributed by atoms with Gasteiger partial charge >= 0.3 is 0 Å². The third-order valence-corrected chi connectivity index (χ3v) is 6.22. The van der Waals surface area contributed by atoms with Crippen LogP contribution in [0, 0.1) is 5.41 Å². The molecule has 3 rings (SSSR count). The van der Waals surface area contributed by atoms with E-state index in [9.17, 15) is 0 Å². The molecule has 2 heteroatoms. The molecular formula is C31H42N2. The molecule has 0 unspecified atom stereocenters. The molecule has 0 fully saturated rings. The second kappa shape index (κ2) is 10.1. The van der Waals surface area contributed by atoms with Gasteiger partial charge in [0.05, 0.1) is 12.3 Å². The Labute approximate surface area is 201 Å². The average Bonchev–Trinajstić information content (AvgIpc) is 3.14. The number of benzene rings is 2.